The molecular weight excluding hydrogens is 240 g/mol. The summed E-state index contributed by atoms with van der Waals surface area (Å²) < 4.78 is 0. The van der Waals surface area contributed by atoms with Gasteiger partial charge in [0.1, 0.15) is 0 Å². The summed E-state index contributed by atoms with van der Waals surface area (Å²) in [6.45, 7) is 9.17. The predicted molar refractivity (Wildman–Crippen MR) is 75.7 cm³/mol. The molecule has 3 atom stereocenters. The average molecular weight is 268 g/mol. The Bertz CT molecular complexity index is 324. The van der Waals surface area contributed by atoms with E-state index >= 15 is 0 Å². The molecule has 0 spiro atoms. The molecule has 3 unspecified atom stereocenters. The van der Waals surface area contributed by atoms with Crippen molar-refractivity contribution in [2.24, 2.45) is 17.3 Å². The van der Waals surface area contributed by atoms with Crippen molar-refractivity contribution in [3.63, 3.8) is 0 Å². The molecule has 0 aromatic rings. The number of nitrogens with zero attached hydrogens (tertiary/aromatic N) is 1. The largest absolute Gasteiger partial charge is 0.394 e. The molecule has 0 bridgehead atoms. The minimum absolute atomic E-state index is 0.0170. The summed E-state index contributed by atoms with van der Waals surface area (Å²) >= 11 is 0. The van der Waals surface area contributed by atoms with Gasteiger partial charge in [0.25, 0.3) is 0 Å². The van der Waals surface area contributed by atoms with Crippen molar-refractivity contribution in [1.29, 1.82) is 0 Å². The number of hydrogen-bond acceptors (Lipinski definition) is 3. The Labute approximate surface area is 116 Å². The minimum Gasteiger partial charge on any atom is -0.394 e. The summed E-state index contributed by atoms with van der Waals surface area (Å²) in [6, 6.07) is 0.0170. The topological polar surface area (TPSA) is 52.6 Å². The Morgan fingerprint density at radius 1 is 1.42 bits per heavy atom. The van der Waals surface area contributed by atoms with Gasteiger partial charge < -0.3 is 15.3 Å². The Hall–Kier alpha value is -0.610. The van der Waals surface area contributed by atoms with Crippen LogP contribution in [0.4, 0.5) is 0 Å². The van der Waals surface area contributed by atoms with E-state index < -0.39 is 0 Å². The van der Waals surface area contributed by atoms with Crippen LogP contribution in [0.3, 0.4) is 0 Å². The van der Waals surface area contributed by atoms with E-state index in [9.17, 15) is 9.90 Å². The van der Waals surface area contributed by atoms with E-state index in [0.29, 0.717) is 11.8 Å². The highest BCUT2D eigenvalue weighted by Crippen LogP contribution is 2.36. The molecule has 2 fully saturated rings. The number of likely N-dealkylation sites (tertiary alicyclic amines) is 1. The lowest BCUT2D eigenvalue weighted by atomic mass is 9.74. The third-order valence-corrected chi connectivity index (χ3v) is 5.20. The van der Waals surface area contributed by atoms with Crippen LogP contribution in [0.25, 0.3) is 0 Å². The van der Waals surface area contributed by atoms with Gasteiger partial charge in [0.15, 0.2) is 0 Å². The van der Waals surface area contributed by atoms with Crippen LogP contribution in [-0.2, 0) is 4.79 Å². The highest BCUT2D eigenvalue weighted by atomic mass is 16.3. The molecule has 110 valence electrons. The molecule has 0 aromatic carbocycles. The van der Waals surface area contributed by atoms with Gasteiger partial charge in [0.2, 0.25) is 5.91 Å². The Balaban J connectivity index is 2.08. The number of rotatable bonds is 3. The van der Waals surface area contributed by atoms with Gasteiger partial charge in [-0.05, 0) is 44.2 Å². The summed E-state index contributed by atoms with van der Waals surface area (Å²) in [6.07, 6.45) is 3.29. The first-order valence-electron chi connectivity index (χ1n) is 7.61. The fourth-order valence-corrected chi connectivity index (χ4v) is 3.55. The number of aliphatic hydroxyl groups is 1. The third-order valence-electron chi connectivity index (χ3n) is 5.20. The van der Waals surface area contributed by atoms with Crippen molar-refractivity contribution in [2.75, 3.05) is 26.2 Å². The molecule has 0 radical (unpaired) electrons. The lowest BCUT2D eigenvalue weighted by Crippen LogP contribution is -2.51. The standard InChI is InChI=1S/C15H28N2O2/c1-11-6-8-17(13(11)10-18)14(19)15(2,3)12-5-4-7-16-9-12/h11-13,16,18H,4-10H2,1-3H3. The van der Waals surface area contributed by atoms with Crippen LogP contribution in [0.5, 0.6) is 0 Å². The highest BCUT2D eigenvalue weighted by molar-refractivity contribution is 5.83. The molecule has 2 aliphatic rings. The van der Waals surface area contributed by atoms with Crippen LogP contribution in [0.1, 0.15) is 40.0 Å². The SMILES string of the molecule is CC1CCN(C(=O)C(C)(C)C2CCCNC2)C1CO. The predicted octanol–water partition coefficient (Wildman–Crippen LogP) is 1.24. The summed E-state index contributed by atoms with van der Waals surface area (Å²) in [4.78, 5) is 14.8. The van der Waals surface area contributed by atoms with Crippen molar-refractivity contribution < 1.29 is 9.90 Å². The van der Waals surface area contributed by atoms with Gasteiger partial charge in [0.05, 0.1) is 12.6 Å². The van der Waals surface area contributed by atoms with E-state index in [2.05, 4.69) is 26.1 Å². The lowest BCUT2D eigenvalue weighted by molar-refractivity contribution is -0.145. The molecule has 0 saturated carbocycles. The van der Waals surface area contributed by atoms with Gasteiger partial charge >= 0.3 is 0 Å². The molecule has 4 nitrogen and oxygen atoms in total. The molecule has 4 heteroatoms. The van der Waals surface area contributed by atoms with Crippen molar-refractivity contribution in [3.05, 3.63) is 0 Å². The Morgan fingerprint density at radius 3 is 2.74 bits per heavy atom. The van der Waals surface area contributed by atoms with Crippen LogP contribution < -0.4 is 5.32 Å². The van der Waals surface area contributed by atoms with Crippen molar-refractivity contribution in [3.8, 4) is 0 Å². The zero-order valence-electron chi connectivity index (χ0n) is 12.5. The highest BCUT2D eigenvalue weighted by Gasteiger charge is 2.44. The van der Waals surface area contributed by atoms with Crippen molar-refractivity contribution >= 4 is 5.91 Å². The molecule has 0 aliphatic carbocycles. The maximum Gasteiger partial charge on any atom is 0.228 e. The smallest absolute Gasteiger partial charge is 0.228 e. The fraction of sp³-hybridized carbons (Fsp3) is 0.933. The molecule has 2 rings (SSSR count). The monoisotopic (exact) mass is 268 g/mol. The second kappa shape index (κ2) is 5.80. The molecule has 2 saturated heterocycles. The van der Waals surface area contributed by atoms with Gasteiger partial charge in [-0.3, -0.25) is 4.79 Å². The zero-order chi connectivity index (χ0) is 14.0. The normalized spacial score (nSPS) is 32.6. The summed E-state index contributed by atoms with van der Waals surface area (Å²) in [5.74, 6) is 1.04. The first kappa shape index (κ1) is 14.8. The summed E-state index contributed by atoms with van der Waals surface area (Å²) in [7, 11) is 0. The number of piperidine rings is 1. The number of nitrogens with one attached hydrogen (secondary N) is 1. The van der Waals surface area contributed by atoms with E-state index in [1.165, 1.54) is 0 Å². The molecule has 1 amide bonds. The van der Waals surface area contributed by atoms with Gasteiger partial charge in [0, 0.05) is 12.0 Å². The van der Waals surface area contributed by atoms with Gasteiger partial charge in [-0.2, -0.15) is 0 Å². The van der Waals surface area contributed by atoms with E-state index in [-0.39, 0.29) is 24.0 Å². The van der Waals surface area contributed by atoms with E-state index in [4.69, 9.17) is 0 Å². The van der Waals surface area contributed by atoms with E-state index in [0.717, 1.165) is 38.9 Å². The van der Waals surface area contributed by atoms with Crippen molar-refractivity contribution in [2.45, 2.75) is 46.1 Å². The maximum absolute atomic E-state index is 12.9. The Kier molecular flexibility index (Phi) is 4.51. The molecule has 19 heavy (non-hydrogen) atoms. The second-order valence-corrected chi connectivity index (χ2v) is 6.78. The van der Waals surface area contributed by atoms with Crippen LogP contribution in [0, 0.1) is 17.3 Å². The average Bonchev–Trinajstić information content (AvgIpc) is 2.79. The first-order chi connectivity index (χ1) is 8.98. The van der Waals surface area contributed by atoms with Gasteiger partial charge in [-0.25, -0.2) is 0 Å². The minimum atomic E-state index is -0.328. The van der Waals surface area contributed by atoms with Gasteiger partial charge in [-0.1, -0.05) is 20.8 Å². The number of hydrogen-bond donors (Lipinski definition) is 2. The van der Waals surface area contributed by atoms with Crippen LogP contribution >= 0.6 is 0 Å². The molecule has 2 aliphatic heterocycles. The number of carbonyl (C=O) groups excluding carboxylic acids is 1. The maximum atomic E-state index is 12.9. The van der Waals surface area contributed by atoms with E-state index in [1.54, 1.807) is 0 Å². The number of amides is 1. The van der Waals surface area contributed by atoms with E-state index in [1.807, 2.05) is 4.90 Å². The lowest BCUT2D eigenvalue weighted by Gasteiger charge is -2.40. The zero-order valence-corrected chi connectivity index (χ0v) is 12.5. The van der Waals surface area contributed by atoms with Crippen LogP contribution in [-0.4, -0.2) is 48.2 Å². The van der Waals surface area contributed by atoms with Crippen LogP contribution in [0.2, 0.25) is 0 Å². The molecule has 0 aromatic heterocycles. The summed E-state index contributed by atoms with van der Waals surface area (Å²) in [5.41, 5.74) is -0.328. The molecule has 2 heterocycles. The molecular formula is C15H28N2O2. The van der Waals surface area contributed by atoms with Crippen LogP contribution in [0.15, 0.2) is 0 Å². The quantitative estimate of drug-likeness (QED) is 0.810. The summed E-state index contributed by atoms with van der Waals surface area (Å²) in [5, 5.41) is 12.9. The number of carbonyl (C=O) groups is 1. The third kappa shape index (κ3) is 2.79. The number of aliphatic hydroxyl groups excluding tert-OH is 1. The molecule has 2 N–H and O–H groups in total. The second-order valence-electron chi connectivity index (χ2n) is 6.78. The van der Waals surface area contributed by atoms with Gasteiger partial charge in [-0.15, -0.1) is 0 Å². The van der Waals surface area contributed by atoms with Crippen molar-refractivity contribution in [1.82, 2.24) is 10.2 Å². The Morgan fingerprint density at radius 2 is 2.16 bits per heavy atom. The fourth-order valence-electron chi connectivity index (χ4n) is 3.55. The first-order valence-corrected chi connectivity index (χ1v) is 7.61.